The monoisotopic (exact) mass is 240 g/mol. The van der Waals surface area contributed by atoms with E-state index in [1.165, 1.54) is 0 Å². The topological polar surface area (TPSA) is 47.3 Å². The van der Waals surface area contributed by atoms with Gasteiger partial charge in [0.15, 0.2) is 0 Å². The minimum Gasteiger partial charge on any atom is -0.497 e. The molecule has 1 aromatic carbocycles. The Morgan fingerprint density at radius 1 is 1.50 bits per heavy atom. The van der Waals surface area contributed by atoms with E-state index in [-0.39, 0.29) is 11.6 Å². The number of nitrogens with one attached hydrogen (secondary N) is 1. The fraction of sp³-hybridized carbons (Fsp3) is 0.500. The summed E-state index contributed by atoms with van der Waals surface area (Å²) in [6.45, 7) is 0. The largest absolute Gasteiger partial charge is 0.497 e. The molecule has 0 saturated heterocycles. The molecule has 1 aliphatic rings. The van der Waals surface area contributed by atoms with Crippen molar-refractivity contribution in [2.75, 3.05) is 14.2 Å². The smallest absolute Gasteiger partial charge is 0.120 e. The number of halogens is 1. The minimum absolute atomic E-state index is 0.117. The Bertz CT molecular complexity index is 391. The van der Waals surface area contributed by atoms with Gasteiger partial charge in [0, 0.05) is 10.6 Å². The molecule has 88 valence electrons. The first-order valence-electron chi connectivity index (χ1n) is 5.40. The van der Waals surface area contributed by atoms with E-state index in [1.54, 1.807) is 7.11 Å². The van der Waals surface area contributed by atoms with E-state index in [9.17, 15) is 0 Å². The van der Waals surface area contributed by atoms with Crippen LogP contribution < -0.4 is 15.8 Å². The molecule has 1 aromatic rings. The molecule has 2 rings (SSSR count). The molecular formula is C12H17ClN2O. The highest BCUT2D eigenvalue weighted by atomic mass is 35.5. The molecule has 0 radical (unpaired) electrons. The maximum absolute atomic E-state index is 6.24. The summed E-state index contributed by atoms with van der Waals surface area (Å²) >= 11 is 6.24. The number of methoxy groups -OCH3 is 1. The molecule has 4 heteroatoms. The van der Waals surface area contributed by atoms with E-state index in [4.69, 9.17) is 22.1 Å². The van der Waals surface area contributed by atoms with Crippen LogP contribution in [0.4, 0.5) is 0 Å². The van der Waals surface area contributed by atoms with Crippen molar-refractivity contribution in [2.24, 2.45) is 5.73 Å². The van der Waals surface area contributed by atoms with Crippen LogP contribution in [-0.2, 0) is 0 Å². The molecule has 3 N–H and O–H groups in total. The number of rotatable bonds is 4. The first-order valence-corrected chi connectivity index (χ1v) is 5.78. The summed E-state index contributed by atoms with van der Waals surface area (Å²) < 4.78 is 5.13. The van der Waals surface area contributed by atoms with Crippen LogP contribution in [0.2, 0.25) is 5.02 Å². The number of likely N-dealkylation sites (N-methyl/N-ethyl adjacent to an activating group) is 1. The standard InChI is InChI=1S/C12H17ClN2O/c1-15-11(12(14)5-6-12)9-4-3-8(16-2)7-10(9)13/h3-4,7,11,15H,5-6,14H2,1-2H3. The van der Waals surface area contributed by atoms with Crippen molar-refractivity contribution in [1.82, 2.24) is 5.32 Å². The van der Waals surface area contributed by atoms with Crippen molar-refractivity contribution in [3.63, 3.8) is 0 Å². The van der Waals surface area contributed by atoms with Crippen molar-refractivity contribution in [2.45, 2.75) is 24.4 Å². The number of benzene rings is 1. The summed E-state index contributed by atoms with van der Waals surface area (Å²) in [5, 5.41) is 3.95. The summed E-state index contributed by atoms with van der Waals surface area (Å²) in [7, 11) is 3.55. The van der Waals surface area contributed by atoms with Gasteiger partial charge in [0.05, 0.1) is 13.2 Å². The van der Waals surface area contributed by atoms with Crippen LogP contribution >= 0.6 is 11.6 Å². The molecule has 3 nitrogen and oxygen atoms in total. The van der Waals surface area contributed by atoms with Gasteiger partial charge in [-0.2, -0.15) is 0 Å². The molecule has 0 aliphatic heterocycles. The summed E-state index contributed by atoms with van der Waals surface area (Å²) in [6, 6.07) is 5.84. The maximum Gasteiger partial charge on any atom is 0.120 e. The molecule has 0 amide bonds. The average molecular weight is 241 g/mol. The molecule has 0 aromatic heterocycles. The third-order valence-corrected chi connectivity index (χ3v) is 3.54. The van der Waals surface area contributed by atoms with Crippen LogP contribution in [0, 0.1) is 0 Å². The van der Waals surface area contributed by atoms with Crippen LogP contribution in [0.15, 0.2) is 18.2 Å². The van der Waals surface area contributed by atoms with E-state index < -0.39 is 0 Å². The van der Waals surface area contributed by atoms with Crippen molar-refractivity contribution in [1.29, 1.82) is 0 Å². The minimum atomic E-state index is -0.132. The van der Waals surface area contributed by atoms with E-state index in [0.717, 1.165) is 24.2 Å². The number of ether oxygens (including phenoxy) is 1. The van der Waals surface area contributed by atoms with Crippen molar-refractivity contribution in [3.05, 3.63) is 28.8 Å². The zero-order chi connectivity index (χ0) is 11.8. The molecule has 1 aliphatic carbocycles. The Morgan fingerprint density at radius 2 is 2.19 bits per heavy atom. The highest BCUT2D eigenvalue weighted by Crippen LogP contribution is 2.45. The number of hydrogen-bond donors (Lipinski definition) is 2. The molecule has 1 unspecified atom stereocenters. The Balaban J connectivity index is 2.31. The van der Waals surface area contributed by atoms with Crippen molar-refractivity contribution < 1.29 is 4.74 Å². The molecule has 16 heavy (non-hydrogen) atoms. The van der Waals surface area contributed by atoms with Gasteiger partial charge in [-0.25, -0.2) is 0 Å². The Kier molecular flexibility index (Phi) is 3.10. The molecular weight excluding hydrogens is 224 g/mol. The zero-order valence-electron chi connectivity index (χ0n) is 9.59. The molecule has 1 saturated carbocycles. The SMILES string of the molecule is CNC(c1ccc(OC)cc1Cl)C1(N)CC1. The fourth-order valence-electron chi connectivity index (χ4n) is 2.05. The molecule has 0 bridgehead atoms. The summed E-state index contributed by atoms with van der Waals surface area (Å²) in [4.78, 5) is 0. The quantitative estimate of drug-likeness (QED) is 0.848. The van der Waals surface area contributed by atoms with Gasteiger partial charge < -0.3 is 15.8 Å². The van der Waals surface area contributed by atoms with Crippen LogP contribution in [0.3, 0.4) is 0 Å². The van der Waals surface area contributed by atoms with Crippen molar-refractivity contribution >= 4 is 11.6 Å². The normalized spacial score (nSPS) is 19.2. The van der Waals surface area contributed by atoms with Crippen LogP contribution in [0.25, 0.3) is 0 Å². The van der Waals surface area contributed by atoms with Gasteiger partial charge in [-0.1, -0.05) is 17.7 Å². The lowest BCUT2D eigenvalue weighted by Crippen LogP contribution is -2.38. The predicted octanol–water partition coefficient (Wildman–Crippen LogP) is 2.10. The molecule has 1 atom stereocenters. The Hall–Kier alpha value is -0.770. The molecule has 0 heterocycles. The Morgan fingerprint density at radius 3 is 2.62 bits per heavy atom. The third-order valence-electron chi connectivity index (χ3n) is 3.21. The van der Waals surface area contributed by atoms with E-state index >= 15 is 0 Å². The van der Waals surface area contributed by atoms with Gasteiger partial charge in [0.25, 0.3) is 0 Å². The second-order valence-electron chi connectivity index (χ2n) is 4.34. The first-order chi connectivity index (χ1) is 7.60. The van der Waals surface area contributed by atoms with Crippen LogP contribution in [-0.4, -0.2) is 19.7 Å². The number of hydrogen-bond acceptors (Lipinski definition) is 3. The summed E-state index contributed by atoms with van der Waals surface area (Å²) in [6.07, 6.45) is 2.09. The molecule has 0 spiro atoms. The first kappa shape index (κ1) is 11.7. The summed E-state index contributed by atoms with van der Waals surface area (Å²) in [5.41, 5.74) is 7.13. The van der Waals surface area contributed by atoms with E-state index in [1.807, 2.05) is 25.2 Å². The third kappa shape index (κ3) is 2.03. The van der Waals surface area contributed by atoms with Gasteiger partial charge in [-0.05, 0) is 37.6 Å². The predicted molar refractivity (Wildman–Crippen MR) is 66.0 cm³/mol. The van der Waals surface area contributed by atoms with E-state index in [0.29, 0.717) is 5.02 Å². The lowest BCUT2D eigenvalue weighted by Gasteiger charge is -2.24. The fourth-order valence-corrected chi connectivity index (χ4v) is 2.33. The van der Waals surface area contributed by atoms with Gasteiger partial charge in [0.2, 0.25) is 0 Å². The van der Waals surface area contributed by atoms with Gasteiger partial charge >= 0.3 is 0 Å². The lowest BCUT2D eigenvalue weighted by molar-refractivity contribution is 0.413. The zero-order valence-corrected chi connectivity index (χ0v) is 10.3. The highest BCUT2D eigenvalue weighted by Gasteiger charge is 2.46. The molecule has 1 fully saturated rings. The average Bonchev–Trinajstić information content (AvgIpc) is 3.00. The van der Waals surface area contributed by atoms with Gasteiger partial charge in [-0.3, -0.25) is 0 Å². The lowest BCUT2D eigenvalue weighted by atomic mass is 9.98. The summed E-state index contributed by atoms with van der Waals surface area (Å²) in [5.74, 6) is 0.769. The van der Waals surface area contributed by atoms with Gasteiger partial charge in [0.1, 0.15) is 5.75 Å². The second-order valence-corrected chi connectivity index (χ2v) is 4.75. The number of nitrogens with two attached hydrogens (primary N) is 1. The Labute approximate surface area is 101 Å². The highest BCUT2D eigenvalue weighted by molar-refractivity contribution is 6.31. The van der Waals surface area contributed by atoms with Crippen LogP contribution in [0.5, 0.6) is 5.75 Å². The maximum atomic E-state index is 6.24. The second kappa shape index (κ2) is 4.24. The van der Waals surface area contributed by atoms with Crippen molar-refractivity contribution in [3.8, 4) is 5.75 Å². The van der Waals surface area contributed by atoms with Crippen LogP contribution in [0.1, 0.15) is 24.4 Å². The van der Waals surface area contributed by atoms with E-state index in [2.05, 4.69) is 5.32 Å². The van der Waals surface area contributed by atoms with Gasteiger partial charge in [-0.15, -0.1) is 0 Å².